The SMILES string of the molecule is COc1cc(C2/C(=C(/O)c3ccc(C)cc3)C(=O)C(=O)N2c2nnc(SCc3ccccc3F)s2)ccc1O. The molecule has 0 radical (unpaired) electrons. The summed E-state index contributed by atoms with van der Waals surface area (Å²) in [4.78, 5) is 27.9. The van der Waals surface area contributed by atoms with Crippen LogP contribution in [0.1, 0.15) is 28.3 Å². The molecule has 1 aliphatic rings. The van der Waals surface area contributed by atoms with E-state index >= 15 is 0 Å². The van der Waals surface area contributed by atoms with E-state index in [4.69, 9.17) is 4.74 Å². The molecule has 2 N–H and O–H groups in total. The Morgan fingerprint density at radius 1 is 1.10 bits per heavy atom. The van der Waals surface area contributed by atoms with Crippen LogP contribution in [0.3, 0.4) is 0 Å². The number of rotatable bonds is 7. The Bertz CT molecular complexity index is 1600. The van der Waals surface area contributed by atoms with Crippen LogP contribution in [0, 0.1) is 12.7 Å². The van der Waals surface area contributed by atoms with Crippen molar-refractivity contribution in [2.75, 3.05) is 12.0 Å². The Kier molecular flexibility index (Phi) is 7.36. The second kappa shape index (κ2) is 10.9. The van der Waals surface area contributed by atoms with Crippen molar-refractivity contribution in [3.63, 3.8) is 0 Å². The van der Waals surface area contributed by atoms with E-state index in [1.165, 1.54) is 42.0 Å². The molecule has 1 fully saturated rings. The molecular weight excluding hydrogens is 541 g/mol. The van der Waals surface area contributed by atoms with E-state index < -0.39 is 17.7 Å². The van der Waals surface area contributed by atoms with Crippen LogP contribution in [0.15, 0.2) is 76.6 Å². The molecule has 1 saturated heterocycles. The number of aliphatic hydroxyl groups is 1. The number of aromatic nitrogens is 2. The fourth-order valence-corrected chi connectivity index (χ4v) is 6.04. The number of amides is 1. The third kappa shape index (κ3) is 5.10. The van der Waals surface area contributed by atoms with Gasteiger partial charge in [0.25, 0.3) is 5.78 Å². The average Bonchev–Trinajstić information content (AvgIpc) is 3.50. The highest BCUT2D eigenvalue weighted by Crippen LogP contribution is 2.45. The molecule has 8 nitrogen and oxygen atoms in total. The van der Waals surface area contributed by atoms with E-state index in [0.717, 1.165) is 16.9 Å². The summed E-state index contributed by atoms with van der Waals surface area (Å²) in [5.74, 6) is -2.15. The summed E-state index contributed by atoms with van der Waals surface area (Å²) in [5, 5.41) is 29.8. The lowest BCUT2D eigenvalue weighted by molar-refractivity contribution is -0.132. The summed E-state index contributed by atoms with van der Waals surface area (Å²) in [7, 11) is 1.38. The van der Waals surface area contributed by atoms with E-state index in [1.807, 2.05) is 6.92 Å². The lowest BCUT2D eigenvalue weighted by atomic mass is 9.95. The quantitative estimate of drug-likeness (QED) is 0.0980. The molecule has 0 spiro atoms. The second-order valence-electron chi connectivity index (χ2n) is 8.70. The number of carbonyl (C=O) groups excluding carboxylic acids is 2. The van der Waals surface area contributed by atoms with Crippen LogP contribution < -0.4 is 9.64 Å². The van der Waals surface area contributed by atoms with Gasteiger partial charge < -0.3 is 14.9 Å². The first-order chi connectivity index (χ1) is 18.8. The van der Waals surface area contributed by atoms with E-state index in [1.54, 1.807) is 48.5 Å². The summed E-state index contributed by atoms with van der Waals surface area (Å²) >= 11 is 2.32. The van der Waals surface area contributed by atoms with Crippen LogP contribution in [-0.4, -0.2) is 39.2 Å². The summed E-state index contributed by atoms with van der Waals surface area (Å²) in [6.07, 6.45) is 0. The predicted molar refractivity (Wildman–Crippen MR) is 146 cm³/mol. The number of thioether (sulfide) groups is 1. The Balaban J connectivity index is 1.57. The van der Waals surface area contributed by atoms with E-state index in [0.29, 0.717) is 26.8 Å². The molecule has 11 heteroatoms. The van der Waals surface area contributed by atoms with Gasteiger partial charge in [-0.1, -0.05) is 77.2 Å². The molecule has 198 valence electrons. The molecule has 1 atom stereocenters. The minimum atomic E-state index is -1.07. The Labute approximate surface area is 231 Å². The minimum absolute atomic E-state index is 0.125. The van der Waals surface area contributed by atoms with Gasteiger partial charge in [-0.2, -0.15) is 0 Å². The Morgan fingerprint density at radius 3 is 2.56 bits per heavy atom. The second-order valence-corrected chi connectivity index (χ2v) is 10.9. The van der Waals surface area contributed by atoms with Crippen LogP contribution in [-0.2, 0) is 15.3 Å². The monoisotopic (exact) mass is 563 g/mol. The van der Waals surface area contributed by atoms with Crippen molar-refractivity contribution < 1.29 is 28.9 Å². The molecule has 2 heterocycles. The predicted octanol–water partition coefficient (Wildman–Crippen LogP) is 5.62. The molecule has 0 saturated carbocycles. The third-order valence-corrected chi connectivity index (χ3v) is 8.30. The highest BCUT2D eigenvalue weighted by Gasteiger charge is 2.48. The van der Waals surface area contributed by atoms with Gasteiger partial charge in [-0.05, 0) is 36.2 Å². The molecule has 3 aromatic carbocycles. The van der Waals surface area contributed by atoms with E-state index in [2.05, 4.69) is 10.2 Å². The van der Waals surface area contributed by atoms with Crippen molar-refractivity contribution in [1.29, 1.82) is 0 Å². The van der Waals surface area contributed by atoms with Crippen molar-refractivity contribution >= 4 is 45.7 Å². The number of Topliss-reactive ketones (excluding diaryl/α,β-unsaturated/α-hetero) is 1. The lowest BCUT2D eigenvalue weighted by Gasteiger charge is -2.23. The number of hydrogen-bond donors (Lipinski definition) is 2. The number of phenolic OH excluding ortho intramolecular Hbond substituents is 1. The number of hydrogen-bond acceptors (Lipinski definition) is 9. The van der Waals surface area contributed by atoms with E-state index in [-0.39, 0.29) is 33.8 Å². The van der Waals surface area contributed by atoms with Gasteiger partial charge in [0.2, 0.25) is 5.13 Å². The summed E-state index contributed by atoms with van der Waals surface area (Å²) in [6.45, 7) is 1.89. The molecule has 1 amide bonds. The number of aryl methyl sites for hydroxylation is 1. The fraction of sp³-hybridized carbons (Fsp3) is 0.143. The molecule has 0 bridgehead atoms. The van der Waals surface area contributed by atoms with Crippen molar-refractivity contribution in [1.82, 2.24) is 10.2 Å². The molecular formula is C28H22FN3O5S2. The number of ether oxygens (including phenoxy) is 1. The maximum atomic E-state index is 14.1. The number of anilines is 1. The number of carbonyl (C=O) groups is 2. The number of nitrogens with zero attached hydrogens (tertiary/aromatic N) is 3. The molecule has 39 heavy (non-hydrogen) atoms. The van der Waals surface area contributed by atoms with Gasteiger partial charge in [0.1, 0.15) is 11.6 Å². The fourth-order valence-electron chi connectivity index (χ4n) is 4.19. The average molecular weight is 564 g/mol. The van der Waals surface area contributed by atoms with Gasteiger partial charge >= 0.3 is 5.91 Å². The smallest absolute Gasteiger partial charge is 0.301 e. The van der Waals surface area contributed by atoms with Crippen molar-refractivity contribution in [2.24, 2.45) is 0 Å². The number of aromatic hydroxyl groups is 1. The summed E-state index contributed by atoms with van der Waals surface area (Å²) in [6, 6.07) is 16.6. The Hall–Kier alpha value is -4.22. The van der Waals surface area contributed by atoms with Crippen molar-refractivity contribution in [2.45, 2.75) is 23.1 Å². The topological polar surface area (TPSA) is 113 Å². The molecule has 5 rings (SSSR count). The standard InChI is InChI=1S/C28H22FN3O5S2/c1-15-7-9-16(10-8-15)24(34)22-23(17-11-12-20(33)21(13-17)37-2)32(26(36)25(22)35)27-30-31-28(39-27)38-14-18-5-3-4-6-19(18)29/h3-13,23,33-34H,14H2,1-2H3/b24-22-. The number of phenols is 1. The number of aliphatic hydroxyl groups excluding tert-OH is 1. The minimum Gasteiger partial charge on any atom is -0.507 e. The van der Waals surface area contributed by atoms with Gasteiger partial charge in [-0.3, -0.25) is 14.5 Å². The van der Waals surface area contributed by atoms with Gasteiger partial charge in [0, 0.05) is 11.3 Å². The molecule has 1 unspecified atom stereocenters. The lowest BCUT2D eigenvalue weighted by Crippen LogP contribution is -2.29. The first kappa shape index (κ1) is 26.4. The zero-order valence-corrected chi connectivity index (χ0v) is 22.4. The highest BCUT2D eigenvalue weighted by atomic mass is 32.2. The van der Waals surface area contributed by atoms with Crippen LogP contribution in [0.25, 0.3) is 5.76 Å². The molecule has 1 aliphatic heterocycles. The first-order valence-corrected chi connectivity index (χ1v) is 13.5. The zero-order valence-electron chi connectivity index (χ0n) is 20.8. The van der Waals surface area contributed by atoms with Gasteiger partial charge in [0.15, 0.2) is 15.8 Å². The summed E-state index contributed by atoms with van der Waals surface area (Å²) in [5.41, 5.74) is 2.10. The maximum Gasteiger partial charge on any atom is 0.301 e. The van der Waals surface area contributed by atoms with Crippen LogP contribution in [0.5, 0.6) is 11.5 Å². The maximum absolute atomic E-state index is 14.1. The zero-order chi connectivity index (χ0) is 27.7. The first-order valence-electron chi connectivity index (χ1n) is 11.7. The largest absolute Gasteiger partial charge is 0.507 e. The number of halogens is 1. The molecule has 0 aliphatic carbocycles. The number of methoxy groups -OCH3 is 1. The number of benzene rings is 3. The third-order valence-electron chi connectivity index (χ3n) is 6.20. The van der Waals surface area contributed by atoms with Crippen LogP contribution >= 0.6 is 23.1 Å². The van der Waals surface area contributed by atoms with Crippen LogP contribution in [0.4, 0.5) is 9.52 Å². The van der Waals surface area contributed by atoms with E-state index in [9.17, 15) is 24.2 Å². The molecule has 4 aromatic rings. The summed E-state index contributed by atoms with van der Waals surface area (Å²) < 4.78 is 19.8. The van der Waals surface area contributed by atoms with Crippen molar-refractivity contribution in [3.05, 3.63) is 100 Å². The van der Waals surface area contributed by atoms with Crippen molar-refractivity contribution in [3.8, 4) is 11.5 Å². The Morgan fingerprint density at radius 2 is 1.85 bits per heavy atom. The van der Waals surface area contributed by atoms with Gasteiger partial charge in [0.05, 0.1) is 18.7 Å². The van der Waals surface area contributed by atoms with Gasteiger partial charge in [-0.15, -0.1) is 10.2 Å². The highest BCUT2D eigenvalue weighted by molar-refractivity contribution is 8.00. The number of ketones is 1. The normalized spacial score (nSPS) is 16.6. The van der Waals surface area contributed by atoms with Crippen LogP contribution in [0.2, 0.25) is 0 Å². The van der Waals surface area contributed by atoms with Gasteiger partial charge in [-0.25, -0.2) is 4.39 Å². The molecule has 1 aromatic heterocycles.